The van der Waals surface area contributed by atoms with Gasteiger partial charge in [0.2, 0.25) is 11.6 Å². The van der Waals surface area contributed by atoms with Crippen molar-refractivity contribution in [3.8, 4) is 11.3 Å². The van der Waals surface area contributed by atoms with E-state index in [0.29, 0.717) is 38.4 Å². The van der Waals surface area contributed by atoms with E-state index in [-0.39, 0.29) is 29.6 Å². The summed E-state index contributed by atoms with van der Waals surface area (Å²) in [7, 11) is 1.99. The number of imidazole rings is 1. The number of amides is 1. The average Bonchev–Trinajstić information content (AvgIpc) is 3.59. The summed E-state index contributed by atoms with van der Waals surface area (Å²) in [4.78, 5) is 32.5. The molecule has 2 atom stereocenters. The molecule has 2 aromatic heterocycles. The van der Waals surface area contributed by atoms with Crippen LogP contribution in [-0.4, -0.2) is 66.9 Å². The largest absolute Gasteiger partial charge is 0.388 e. The summed E-state index contributed by atoms with van der Waals surface area (Å²) < 4.78 is 3.03. The Morgan fingerprint density at radius 2 is 1.88 bits per heavy atom. The number of hydrogen-bond acceptors (Lipinski definition) is 6. The fraction of sp³-hybridized carbons (Fsp3) is 0.419. The molecule has 2 aliphatic rings. The Labute approximate surface area is 233 Å². The van der Waals surface area contributed by atoms with Crippen molar-refractivity contribution in [1.29, 1.82) is 0 Å². The van der Waals surface area contributed by atoms with Gasteiger partial charge < -0.3 is 15.3 Å². The summed E-state index contributed by atoms with van der Waals surface area (Å²) in [6.45, 7) is 3.10. The Morgan fingerprint density at radius 3 is 2.62 bits per heavy atom. The smallest absolute Gasteiger partial charge is 0.296 e. The number of likely N-dealkylation sites (tertiary alicyclic amines) is 1. The molecule has 40 heavy (non-hydrogen) atoms. The molecule has 9 nitrogen and oxygen atoms in total. The maximum Gasteiger partial charge on any atom is 0.296 e. The van der Waals surface area contributed by atoms with Crippen molar-refractivity contribution >= 4 is 11.6 Å². The molecule has 0 unspecified atom stereocenters. The molecule has 4 aromatic rings. The lowest BCUT2D eigenvalue weighted by Gasteiger charge is -2.38. The molecule has 208 valence electrons. The van der Waals surface area contributed by atoms with Crippen molar-refractivity contribution < 1.29 is 9.90 Å². The van der Waals surface area contributed by atoms with Gasteiger partial charge in [0.05, 0.1) is 24.0 Å². The SMILES string of the molecule is CN[C@H]1Cc2ccc(-c3cnc4c(=O)n(CC5(O)CCN(C(=O)C[C@@H](C)c6ccccc6)CC5)cnn34)cc2C1. The molecule has 0 radical (unpaired) electrons. The highest BCUT2D eigenvalue weighted by Crippen LogP contribution is 2.29. The van der Waals surface area contributed by atoms with Crippen molar-refractivity contribution in [2.24, 2.45) is 0 Å². The van der Waals surface area contributed by atoms with Gasteiger partial charge >= 0.3 is 0 Å². The zero-order chi connectivity index (χ0) is 27.9. The van der Waals surface area contributed by atoms with E-state index in [0.717, 1.165) is 29.7 Å². The van der Waals surface area contributed by atoms with Crippen LogP contribution in [0.3, 0.4) is 0 Å². The van der Waals surface area contributed by atoms with Crippen LogP contribution in [0.15, 0.2) is 65.8 Å². The fourth-order valence-corrected chi connectivity index (χ4v) is 6.13. The monoisotopic (exact) mass is 540 g/mol. The number of nitrogens with zero attached hydrogens (tertiary/aromatic N) is 5. The van der Waals surface area contributed by atoms with Gasteiger partial charge in [0, 0.05) is 31.1 Å². The van der Waals surface area contributed by atoms with Crippen LogP contribution in [0.25, 0.3) is 16.9 Å². The van der Waals surface area contributed by atoms with E-state index >= 15 is 0 Å². The van der Waals surface area contributed by atoms with Crippen LogP contribution in [-0.2, 0) is 24.2 Å². The molecular weight excluding hydrogens is 504 g/mol. The Kier molecular flexibility index (Phi) is 7.02. The summed E-state index contributed by atoms with van der Waals surface area (Å²) in [5.41, 5.74) is 4.40. The van der Waals surface area contributed by atoms with Crippen LogP contribution >= 0.6 is 0 Å². The Morgan fingerprint density at radius 1 is 1.12 bits per heavy atom. The Balaban J connectivity index is 1.13. The predicted octanol–water partition coefficient (Wildman–Crippen LogP) is 2.79. The van der Waals surface area contributed by atoms with Gasteiger partial charge in [-0.15, -0.1) is 0 Å². The first kappa shape index (κ1) is 26.4. The number of piperidine rings is 1. The summed E-state index contributed by atoms with van der Waals surface area (Å²) >= 11 is 0. The number of aromatic nitrogens is 4. The lowest BCUT2D eigenvalue weighted by molar-refractivity contribution is -0.136. The van der Waals surface area contributed by atoms with Gasteiger partial charge in [-0.25, -0.2) is 9.50 Å². The highest BCUT2D eigenvalue weighted by molar-refractivity contribution is 5.77. The van der Waals surface area contributed by atoms with Crippen LogP contribution in [0.4, 0.5) is 0 Å². The highest BCUT2D eigenvalue weighted by atomic mass is 16.3. The third kappa shape index (κ3) is 5.07. The first-order valence-electron chi connectivity index (χ1n) is 14.1. The molecule has 1 saturated heterocycles. The number of hydrogen-bond donors (Lipinski definition) is 2. The van der Waals surface area contributed by atoms with Crippen LogP contribution in [0, 0.1) is 0 Å². The predicted molar refractivity (Wildman–Crippen MR) is 153 cm³/mol. The molecule has 1 amide bonds. The maximum atomic E-state index is 13.3. The number of carbonyl (C=O) groups is 1. The van der Waals surface area contributed by atoms with Crippen molar-refractivity contribution in [2.75, 3.05) is 20.1 Å². The second-order valence-corrected chi connectivity index (χ2v) is 11.4. The van der Waals surface area contributed by atoms with E-state index in [1.807, 2.05) is 42.3 Å². The molecule has 3 heterocycles. The van der Waals surface area contributed by atoms with Gasteiger partial charge in [0.15, 0.2) is 0 Å². The number of benzene rings is 2. The third-order valence-electron chi connectivity index (χ3n) is 8.70. The topological polar surface area (TPSA) is 105 Å². The Bertz CT molecular complexity index is 1590. The standard InChI is InChI=1S/C31H36N6O3/c1-21(22-6-4-3-5-7-22)14-28(38)35-12-10-31(40,11-13-35)19-36-20-34-37-27(18-33-29(37)30(36)39)24-9-8-23-16-26(32-2)17-25(23)15-24/h3-9,15,18,20-21,26,32,40H,10-14,16-17,19H2,1-2H3/t21-,26+/m1/s1. The van der Waals surface area contributed by atoms with Gasteiger partial charge in [0.25, 0.3) is 5.56 Å². The highest BCUT2D eigenvalue weighted by Gasteiger charge is 2.35. The minimum Gasteiger partial charge on any atom is -0.388 e. The molecular formula is C31H36N6O3. The van der Waals surface area contributed by atoms with Crippen LogP contribution in [0.2, 0.25) is 0 Å². The van der Waals surface area contributed by atoms with Crippen LogP contribution < -0.4 is 10.9 Å². The quantitative estimate of drug-likeness (QED) is 0.374. The lowest BCUT2D eigenvalue weighted by atomic mass is 9.90. The molecule has 1 aliphatic heterocycles. The second kappa shape index (κ2) is 10.6. The maximum absolute atomic E-state index is 13.3. The van der Waals surface area contributed by atoms with Gasteiger partial charge in [0.1, 0.15) is 6.33 Å². The van der Waals surface area contributed by atoms with E-state index in [4.69, 9.17) is 0 Å². The summed E-state index contributed by atoms with van der Waals surface area (Å²) in [5.74, 6) is 0.226. The second-order valence-electron chi connectivity index (χ2n) is 11.4. The van der Waals surface area contributed by atoms with Gasteiger partial charge in [-0.3, -0.25) is 14.2 Å². The number of fused-ring (bicyclic) bond motifs is 2. The summed E-state index contributed by atoms with van der Waals surface area (Å²) in [6, 6.07) is 16.9. The fourth-order valence-electron chi connectivity index (χ4n) is 6.13. The van der Waals surface area contributed by atoms with Crippen LogP contribution in [0.5, 0.6) is 0 Å². The van der Waals surface area contributed by atoms with Gasteiger partial charge in [-0.2, -0.15) is 5.10 Å². The normalized spacial score (nSPS) is 19.1. The number of likely N-dealkylation sites (N-methyl/N-ethyl adjacent to an activating group) is 1. The third-order valence-corrected chi connectivity index (χ3v) is 8.70. The molecule has 0 spiro atoms. The van der Waals surface area contributed by atoms with E-state index in [1.54, 1.807) is 10.7 Å². The zero-order valence-corrected chi connectivity index (χ0v) is 23.1. The van der Waals surface area contributed by atoms with Crippen molar-refractivity contribution in [1.82, 2.24) is 29.4 Å². The molecule has 0 bridgehead atoms. The minimum atomic E-state index is -1.09. The van der Waals surface area contributed by atoms with Gasteiger partial charge in [-0.05, 0) is 61.4 Å². The minimum absolute atomic E-state index is 0.0941. The van der Waals surface area contributed by atoms with Crippen LogP contribution in [0.1, 0.15) is 48.8 Å². The molecule has 6 rings (SSSR count). The van der Waals surface area contributed by atoms with E-state index in [2.05, 4.69) is 40.5 Å². The molecule has 1 fully saturated rings. The molecule has 0 saturated carbocycles. The molecule has 1 aliphatic carbocycles. The first-order valence-corrected chi connectivity index (χ1v) is 14.1. The van der Waals surface area contributed by atoms with Crippen molar-refractivity contribution in [3.05, 3.63) is 88.1 Å². The summed E-state index contributed by atoms with van der Waals surface area (Å²) in [6.07, 6.45) is 6.41. The number of rotatable bonds is 7. The van der Waals surface area contributed by atoms with Crippen molar-refractivity contribution in [3.63, 3.8) is 0 Å². The van der Waals surface area contributed by atoms with E-state index in [1.165, 1.54) is 22.0 Å². The molecule has 2 N–H and O–H groups in total. The van der Waals surface area contributed by atoms with Gasteiger partial charge in [-0.1, -0.05) is 49.4 Å². The number of nitrogens with one attached hydrogen (secondary N) is 1. The number of aliphatic hydroxyl groups is 1. The van der Waals surface area contributed by atoms with E-state index < -0.39 is 5.60 Å². The first-order chi connectivity index (χ1) is 19.3. The molecule has 2 aromatic carbocycles. The lowest BCUT2D eigenvalue weighted by Crippen LogP contribution is -2.50. The zero-order valence-electron chi connectivity index (χ0n) is 23.1. The molecule has 9 heteroatoms. The summed E-state index contributed by atoms with van der Waals surface area (Å²) in [5, 5.41) is 19.2. The number of carbonyl (C=O) groups excluding carboxylic acids is 1. The Hall–Kier alpha value is -3.82. The van der Waals surface area contributed by atoms with E-state index in [9.17, 15) is 14.7 Å². The van der Waals surface area contributed by atoms with Crippen molar-refractivity contribution in [2.45, 2.75) is 63.1 Å². The average molecular weight is 541 g/mol.